The largest absolute Gasteiger partial charge is 0.348 e. The van der Waals surface area contributed by atoms with E-state index in [9.17, 15) is 9.59 Å². The van der Waals surface area contributed by atoms with Crippen molar-refractivity contribution in [1.29, 1.82) is 0 Å². The number of carbonyl (C=O) groups is 1. The summed E-state index contributed by atoms with van der Waals surface area (Å²) in [6, 6.07) is 19.2. The second-order valence-corrected chi connectivity index (χ2v) is 6.77. The fraction of sp³-hybridized carbons (Fsp3) is 0.238. The number of H-pyrrole nitrogens is 1. The molecule has 0 aliphatic carbocycles. The van der Waals surface area contributed by atoms with Crippen LogP contribution in [0.2, 0.25) is 0 Å². The van der Waals surface area contributed by atoms with Gasteiger partial charge in [0, 0.05) is 42.6 Å². The lowest BCUT2D eigenvalue weighted by molar-refractivity contribution is 0.0939. The number of nitrogens with zero attached hydrogens (tertiary/aromatic N) is 1. The molecule has 1 fully saturated rings. The molecule has 5 nitrogen and oxygen atoms in total. The minimum atomic E-state index is -0.258. The summed E-state index contributed by atoms with van der Waals surface area (Å²) in [6.45, 7) is 2.67. The molecule has 1 aliphatic heterocycles. The monoisotopic (exact) mass is 347 g/mol. The molecule has 2 aromatic carbocycles. The number of benzene rings is 2. The molecule has 1 aliphatic rings. The number of para-hydroxylation sites is 1. The summed E-state index contributed by atoms with van der Waals surface area (Å²) >= 11 is 0. The van der Waals surface area contributed by atoms with E-state index >= 15 is 0 Å². The fourth-order valence-electron chi connectivity index (χ4n) is 3.59. The molecule has 5 heteroatoms. The number of aromatic nitrogens is 1. The van der Waals surface area contributed by atoms with Gasteiger partial charge < -0.3 is 10.3 Å². The van der Waals surface area contributed by atoms with E-state index in [1.165, 1.54) is 11.6 Å². The molecule has 2 heterocycles. The molecule has 26 heavy (non-hydrogen) atoms. The van der Waals surface area contributed by atoms with E-state index in [2.05, 4.69) is 27.3 Å². The maximum atomic E-state index is 12.7. The predicted octanol–water partition coefficient (Wildman–Crippen LogP) is 2.53. The van der Waals surface area contributed by atoms with Gasteiger partial charge in [-0.25, -0.2) is 0 Å². The fourth-order valence-corrected chi connectivity index (χ4v) is 3.59. The Morgan fingerprint density at radius 3 is 2.73 bits per heavy atom. The number of hydrogen-bond donors (Lipinski definition) is 2. The van der Waals surface area contributed by atoms with Crippen molar-refractivity contribution < 1.29 is 4.79 Å². The Balaban J connectivity index is 1.45. The van der Waals surface area contributed by atoms with Crippen LogP contribution in [0.15, 0.2) is 65.5 Å². The third kappa shape index (κ3) is 3.53. The van der Waals surface area contributed by atoms with Crippen molar-refractivity contribution in [3.8, 4) is 0 Å². The van der Waals surface area contributed by atoms with Crippen LogP contribution in [0.5, 0.6) is 0 Å². The second-order valence-electron chi connectivity index (χ2n) is 6.77. The van der Waals surface area contributed by atoms with Gasteiger partial charge in [-0.2, -0.15) is 0 Å². The number of likely N-dealkylation sites (tertiary alicyclic amines) is 1. The summed E-state index contributed by atoms with van der Waals surface area (Å²) in [7, 11) is 0. The van der Waals surface area contributed by atoms with E-state index in [0.717, 1.165) is 31.4 Å². The standard InChI is InChI=1S/C21H21N3O2/c25-20-12-18(17-8-4-5-9-19(17)23-20)21(26)22-16-10-11-24(14-16)13-15-6-2-1-3-7-15/h1-9,12,16H,10-11,13-14H2,(H,22,26)(H,23,25)/t16-/m1/s1. The average Bonchev–Trinajstić information content (AvgIpc) is 3.08. The molecule has 0 saturated carbocycles. The first kappa shape index (κ1) is 16.5. The van der Waals surface area contributed by atoms with Gasteiger partial charge in [-0.05, 0) is 18.1 Å². The van der Waals surface area contributed by atoms with Crippen LogP contribution in [0.3, 0.4) is 0 Å². The van der Waals surface area contributed by atoms with Crippen molar-refractivity contribution in [2.45, 2.75) is 19.0 Å². The Morgan fingerprint density at radius 2 is 1.88 bits per heavy atom. The first-order valence-electron chi connectivity index (χ1n) is 8.88. The molecule has 2 N–H and O–H groups in total. The molecule has 132 valence electrons. The number of fused-ring (bicyclic) bond motifs is 1. The topological polar surface area (TPSA) is 65.2 Å². The number of pyridine rings is 1. The SMILES string of the molecule is O=C(N[C@@H]1CCN(Cc2ccccc2)C1)c1cc(=O)[nH]c2ccccc12. The Labute approximate surface area is 151 Å². The number of hydrogen-bond acceptors (Lipinski definition) is 3. The Kier molecular flexibility index (Phi) is 4.54. The Bertz CT molecular complexity index is 981. The molecule has 3 aromatic rings. The maximum absolute atomic E-state index is 12.7. The van der Waals surface area contributed by atoms with Crippen molar-refractivity contribution in [2.75, 3.05) is 13.1 Å². The lowest BCUT2D eigenvalue weighted by atomic mass is 10.1. The Morgan fingerprint density at radius 1 is 1.12 bits per heavy atom. The third-order valence-electron chi connectivity index (χ3n) is 4.85. The third-order valence-corrected chi connectivity index (χ3v) is 4.85. The summed E-state index contributed by atoms with van der Waals surface area (Å²) in [5.74, 6) is -0.182. The summed E-state index contributed by atoms with van der Waals surface area (Å²) in [6.07, 6.45) is 0.916. The van der Waals surface area contributed by atoms with Gasteiger partial charge in [0.05, 0.1) is 5.56 Å². The van der Waals surface area contributed by atoms with Crippen LogP contribution in [0.1, 0.15) is 22.3 Å². The number of amides is 1. The summed E-state index contributed by atoms with van der Waals surface area (Å²) in [5, 5.41) is 3.86. The average molecular weight is 347 g/mol. The van der Waals surface area contributed by atoms with Crippen LogP contribution in [-0.4, -0.2) is 34.9 Å². The summed E-state index contributed by atoms with van der Waals surface area (Å²) < 4.78 is 0. The van der Waals surface area contributed by atoms with Gasteiger partial charge in [0.25, 0.3) is 5.91 Å². The first-order valence-corrected chi connectivity index (χ1v) is 8.88. The van der Waals surface area contributed by atoms with Gasteiger partial charge in [-0.3, -0.25) is 14.5 Å². The molecule has 0 spiro atoms. The molecule has 0 bridgehead atoms. The maximum Gasteiger partial charge on any atom is 0.252 e. The van der Waals surface area contributed by atoms with Crippen molar-refractivity contribution in [2.24, 2.45) is 0 Å². The Hall–Kier alpha value is -2.92. The highest BCUT2D eigenvalue weighted by atomic mass is 16.2. The van der Waals surface area contributed by atoms with Gasteiger partial charge in [0.1, 0.15) is 0 Å². The summed E-state index contributed by atoms with van der Waals surface area (Å²) in [5.41, 5.74) is 2.14. The molecule has 1 saturated heterocycles. The van der Waals surface area contributed by atoms with Crippen LogP contribution in [-0.2, 0) is 6.54 Å². The van der Waals surface area contributed by atoms with Gasteiger partial charge in [-0.1, -0.05) is 48.5 Å². The highest BCUT2D eigenvalue weighted by Gasteiger charge is 2.25. The first-order chi connectivity index (χ1) is 12.7. The van der Waals surface area contributed by atoms with Crippen LogP contribution in [0, 0.1) is 0 Å². The summed E-state index contributed by atoms with van der Waals surface area (Å²) in [4.78, 5) is 29.7. The van der Waals surface area contributed by atoms with Crippen molar-refractivity contribution in [3.63, 3.8) is 0 Å². The molecular weight excluding hydrogens is 326 g/mol. The molecule has 1 atom stereocenters. The van der Waals surface area contributed by atoms with E-state index in [0.29, 0.717) is 11.1 Å². The van der Waals surface area contributed by atoms with Crippen molar-refractivity contribution >= 4 is 16.8 Å². The highest BCUT2D eigenvalue weighted by Crippen LogP contribution is 2.17. The molecule has 4 rings (SSSR count). The lowest BCUT2D eigenvalue weighted by Crippen LogP contribution is -2.37. The predicted molar refractivity (Wildman–Crippen MR) is 102 cm³/mol. The minimum absolute atomic E-state index is 0.101. The van der Waals surface area contributed by atoms with Gasteiger partial charge in [-0.15, -0.1) is 0 Å². The van der Waals surface area contributed by atoms with Gasteiger partial charge in [0.2, 0.25) is 5.56 Å². The van der Waals surface area contributed by atoms with Crippen LogP contribution in [0.25, 0.3) is 10.9 Å². The normalized spacial score (nSPS) is 17.5. The molecule has 1 aromatic heterocycles. The quantitative estimate of drug-likeness (QED) is 0.762. The zero-order valence-corrected chi connectivity index (χ0v) is 14.4. The van der Waals surface area contributed by atoms with E-state index < -0.39 is 0 Å². The molecule has 0 unspecified atom stereocenters. The van der Waals surface area contributed by atoms with Crippen molar-refractivity contribution in [3.05, 3.63) is 82.1 Å². The highest BCUT2D eigenvalue weighted by molar-refractivity contribution is 6.06. The van der Waals surface area contributed by atoms with E-state index in [1.54, 1.807) is 0 Å². The van der Waals surface area contributed by atoms with Crippen LogP contribution >= 0.6 is 0 Å². The number of aromatic amines is 1. The zero-order chi connectivity index (χ0) is 17.9. The smallest absolute Gasteiger partial charge is 0.252 e. The van der Waals surface area contributed by atoms with Gasteiger partial charge >= 0.3 is 0 Å². The van der Waals surface area contributed by atoms with Crippen LogP contribution in [0.4, 0.5) is 0 Å². The number of nitrogens with one attached hydrogen (secondary N) is 2. The second kappa shape index (κ2) is 7.14. The molecular formula is C21H21N3O2. The van der Waals surface area contributed by atoms with E-state index in [4.69, 9.17) is 0 Å². The minimum Gasteiger partial charge on any atom is -0.348 e. The van der Waals surface area contributed by atoms with E-state index in [-0.39, 0.29) is 17.5 Å². The zero-order valence-electron chi connectivity index (χ0n) is 14.4. The van der Waals surface area contributed by atoms with E-state index in [1.807, 2.05) is 42.5 Å². The number of carbonyl (C=O) groups excluding carboxylic acids is 1. The molecule has 1 amide bonds. The van der Waals surface area contributed by atoms with Gasteiger partial charge in [0.15, 0.2) is 0 Å². The van der Waals surface area contributed by atoms with Crippen LogP contribution < -0.4 is 10.9 Å². The number of rotatable bonds is 4. The van der Waals surface area contributed by atoms with Crippen molar-refractivity contribution in [1.82, 2.24) is 15.2 Å². The molecule has 0 radical (unpaired) electrons. The lowest BCUT2D eigenvalue weighted by Gasteiger charge is -2.17.